The van der Waals surface area contributed by atoms with Crippen LogP contribution in [0.25, 0.3) is 0 Å². The number of unbranched alkanes of at least 4 members (excludes halogenated alkanes) is 2. The fourth-order valence-corrected chi connectivity index (χ4v) is 1.15. The van der Waals surface area contributed by atoms with E-state index < -0.39 is 11.9 Å². The van der Waals surface area contributed by atoms with Gasteiger partial charge in [0.25, 0.3) is 0 Å². The van der Waals surface area contributed by atoms with Gasteiger partial charge >= 0.3 is 5.97 Å². The maximum Gasteiger partial charge on any atom is 0.303 e. The molecule has 0 unspecified atom stereocenters. The van der Waals surface area contributed by atoms with E-state index in [-0.39, 0.29) is 13.0 Å². The molecule has 0 rings (SSSR count). The number of nitrogens with two attached hydrogens (primary N) is 1. The van der Waals surface area contributed by atoms with E-state index in [4.69, 9.17) is 15.6 Å². The van der Waals surface area contributed by atoms with E-state index in [0.29, 0.717) is 13.2 Å². The van der Waals surface area contributed by atoms with Gasteiger partial charge in [0.2, 0.25) is 5.91 Å². The van der Waals surface area contributed by atoms with Gasteiger partial charge in [-0.25, -0.2) is 0 Å². The number of ether oxygens (including phenoxy) is 1. The summed E-state index contributed by atoms with van der Waals surface area (Å²) in [6.45, 7) is 1.92. The molecule has 16 heavy (non-hydrogen) atoms. The van der Waals surface area contributed by atoms with Gasteiger partial charge in [0, 0.05) is 13.0 Å². The number of carboxylic acid groups (broad SMARTS) is 1. The molecule has 0 aliphatic rings. The Kier molecular flexibility index (Phi) is 9.64. The molecule has 0 aliphatic heterocycles. The molecule has 0 heterocycles. The minimum absolute atomic E-state index is 0.0414. The second kappa shape index (κ2) is 10.4. The highest BCUT2D eigenvalue weighted by atomic mass is 16.5. The molecular weight excluding hydrogens is 212 g/mol. The highest BCUT2D eigenvalue weighted by Crippen LogP contribution is 1.98. The molecule has 1 amide bonds. The van der Waals surface area contributed by atoms with Crippen LogP contribution in [0.1, 0.15) is 25.7 Å². The molecule has 0 aromatic carbocycles. The maximum absolute atomic E-state index is 10.3. The summed E-state index contributed by atoms with van der Waals surface area (Å²) in [4.78, 5) is 20.5. The number of carboxylic acids is 1. The number of carbonyl (C=O) groups is 2. The molecular formula is C10H20N2O4. The molecule has 4 N–H and O–H groups in total. The summed E-state index contributed by atoms with van der Waals surface area (Å²) in [6, 6.07) is 0. The number of aliphatic carboxylic acids is 1. The van der Waals surface area contributed by atoms with E-state index in [1.54, 1.807) is 0 Å². The fraction of sp³-hybridized carbons (Fsp3) is 0.800. The summed E-state index contributed by atoms with van der Waals surface area (Å²) in [7, 11) is 0. The minimum atomic E-state index is -0.743. The molecule has 0 saturated heterocycles. The third-order valence-electron chi connectivity index (χ3n) is 1.91. The lowest BCUT2D eigenvalue weighted by Crippen LogP contribution is -2.24. The summed E-state index contributed by atoms with van der Waals surface area (Å²) in [5.41, 5.74) is 4.88. The van der Waals surface area contributed by atoms with Crippen LogP contribution in [-0.2, 0) is 14.3 Å². The van der Waals surface area contributed by atoms with E-state index in [0.717, 1.165) is 25.8 Å². The molecule has 0 aromatic rings. The molecule has 0 spiro atoms. The number of rotatable bonds is 11. The van der Waals surface area contributed by atoms with Crippen LogP contribution in [-0.4, -0.2) is 43.3 Å². The summed E-state index contributed by atoms with van der Waals surface area (Å²) in [5, 5.41) is 11.5. The number of hydrogen-bond donors (Lipinski definition) is 3. The molecule has 0 aromatic heterocycles. The highest BCUT2D eigenvalue weighted by molar-refractivity contribution is 5.74. The first-order chi connectivity index (χ1) is 7.63. The second-order valence-corrected chi connectivity index (χ2v) is 3.47. The molecule has 0 aliphatic carbocycles. The quantitative estimate of drug-likeness (QED) is 0.425. The number of hydrogen-bond acceptors (Lipinski definition) is 4. The van der Waals surface area contributed by atoms with Gasteiger partial charge in [0.1, 0.15) is 6.61 Å². The van der Waals surface area contributed by atoms with E-state index >= 15 is 0 Å². The van der Waals surface area contributed by atoms with Crippen LogP contribution < -0.4 is 11.1 Å². The van der Waals surface area contributed by atoms with Crippen molar-refractivity contribution in [1.82, 2.24) is 5.32 Å². The predicted octanol–water partition coefficient (Wildman–Crippen LogP) is -0.277. The van der Waals surface area contributed by atoms with Gasteiger partial charge in [-0.15, -0.1) is 0 Å². The van der Waals surface area contributed by atoms with Crippen molar-refractivity contribution in [2.45, 2.75) is 25.7 Å². The average molecular weight is 232 g/mol. The average Bonchev–Trinajstić information content (AvgIpc) is 2.20. The molecule has 0 radical (unpaired) electrons. The van der Waals surface area contributed by atoms with Crippen molar-refractivity contribution in [2.24, 2.45) is 5.73 Å². The summed E-state index contributed by atoms with van der Waals surface area (Å²) < 4.78 is 4.94. The SMILES string of the molecule is NC(=O)COCCNCCCCCC(=O)O. The molecule has 0 atom stereocenters. The minimum Gasteiger partial charge on any atom is -0.481 e. The number of carbonyl (C=O) groups excluding carboxylic acids is 1. The zero-order valence-electron chi connectivity index (χ0n) is 9.41. The van der Waals surface area contributed by atoms with Crippen LogP contribution in [0.15, 0.2) is 0 Å². The standard InChI is InChI=1S/C10H20N2O4/c11-9(13)8-16-7-6-12-5-3-1-2-4-10(14)15/h12H,1-8H2,(H2,11,13)(H,14,15). The molecule has 0 bridgehead atoms. The van der Waals surface area contributed by atoms with Gasteiger partial charge in [-0.05, 0) is 19.4 Å². The van der Waals surface area contributed by atoms with Gasteiger partial charge in [0.15, 0.2) is 0 Å². The van der Waals surface area contributed by atoms with Gasteiger partial charge in [0.05, 0.1) is 6.61 Å². The van der Waals surface area contributed by atoms with E-state index in [1.807, 2.05) is 0 Å². The molecule has 6 heteroatoms. The van der Waals surface area contributed by atoms with Gasteiger partial charge in [-0.3, -0.25) is 9.59 Å². The fourth-order valence-electron chi connectivity index (χ4n) is 1.15. The van der Waals surface area contributed by atoms with Crippen molar-refractivity contribution in [2.75, 3.05) is 26.3 Å². The Morgan fingerprint density at radius 3 is 2.56 bits per heavy atom. The van der Waals surface area contributed by atoms with Crippen LogP contribution >= 0.6 is 0 Å². The third kappa shape index (κ3) is 12.9. The zero-order chi connectivity index (χ0) is 12.2. The topological polar surface area (TPSA) is 102 Å². The van der Waals surface area contributed by atoms with Gasteiger partial charge in [-0.2, -0.15) is 0 Å². The number of primary amides is 1. The van der Waals surface area contributed by atoms with Crippen molar-refractivity contribution in [3.8, 4) is 0 Å². The first kappa shape index (κ1) is 14.9. The Morgan fingerprint density at radius 2 is 1.94 bits per heavy atom. The molecule has 0 fully saturated rings. The normalized spacial score (nSPS) is 10.2. The van der Waals surface area contributed by atoms with Gasteiger partial charge in [-0.1, -0.05) is 6.42 Å². The van der Waals surface area contributed by atoms with Crippen molar-refractivity contribution in [3.05, 3.63) is 0 Å². The number of nitrogens with one attached hydrogen (secondary N) is 1. The molecule has 0 saturated carbocycles. The van der Waals surface area contributed by atoms with Crippen molar-refractivity contribution in [1.29, 1.82) is 0 Å². The first-order valence-corrected chi connectivity index (χ1v) is 5.41. The van der Waals surface area contributed by atoms with Crippen LogP contribution in [0.5, 0.6) is 0 Å². The van der Waals surface area contributed by atoms with Crippen molar-refractivity contribution < 1.29 is 19.4 Å². The van der Waals surface area contributed by atoms with Gasteiger partial charge < -0.3 is 20.9 Å². The second-order valence-electron chi connectivity index (χ2n) is 3.47. The Labute approximate surface area is 95.1 Å². The Bertz CT molecular complexity index is 187. The van der Waals surface area contributed by atoms with E-state index in [9.17, 15) is 9.59 Å². The van der Waals surface area contributed by atoms with Crippen molar-refractivity contribution >= 4 is 11.9 Å². The predicted molar refractivity (Wildman–Crippen MR) is 59.0 cm³/mol. The van der Waals surface area contributed by atoms with Crippen LogP contribution in [0.3, 0.4) is 0 Å². The van der Waals surface area contributed by atoms with Crippen LogP contribution in [0.2, 0.25) is 0 Å². The summed E-state index contributed by atoms with van der Waals surface area (Å²) in [6.07, 6.45) is 2.81. The number of amides is 1. The van der Waals surface area contributed by atoms with E-state index in [1.165, 1.54) is 0 Å². The Hall–Kier alpha value is -1.14. The largest absolute Gasteiger partial charge is 0.481 e. The zero-order valence-corrected chi connectivity index (χ0v) is 9.41. The Morgan fingerprint density at radius 1 is 1.19 bits per heavy atom. The lowest BCUT2D eigenvalue weighted by atomic mass is 10.2. The maximum atomic E-state index is 10.3. The summed E-state index contributed by atoms with van der Waals surface area (Å²) >= 11 is 0. The van der Waals surface area contributed by atoms with Crippen molar-refractivity contribution in [3.63, 3.8) is 0 Å². The first-order valence-electron chi connectivity index (χ1n) is 5.41. The smallest absolute Gasteiger partial charge is 0.303 e. The summed E-state index contributed by atoms with van der Waals surface area (Å²) in [5.74, 6) is -1.21. The lowest BCUT2D eigenvalue weighted by Gasteiger charge is -2.04. The highest BCUT2D eigenvalue weighted by Gasteiger charge is 1.96. The van der Waals surface area contributed by atoms with E-state index in [2.05, 4.69) is 5.32 Å². The van der Waals surface area contributed by atoms with Crippen LogP contribution in [0.4, 0.5) is 0 Å². The molecule has 94 valence electrons. The monoisotopic (exact) mass is 232 g/mol. The van der Waals surface area contributed by atoms with Crippen LogP contribution in [0, 0.1) is 0 Å². The Balaban J connectivity index is 2.98. The lowest BCUT2D eigenvalue weighted by molar-refractivity contribution is -0.137. The third-order valence-corrected chi connectivity index (χ3v) is 1.91. The molecule has 6 nitrogen and oxygen atoms in total.